The molecule has 0 unspecified atom stereocenters. The van der Waals surface area contributed by atoms with Crippen molar-refractivity contribution < 1.29 is 4.39 Å². The van der Waals surface area contributed by atoms with E-state index in [0.717, 1.165) is 26.2 Å². The van der Waals surface area contributed by atoms with Gasteiger partial charge in [0.15, 0.2) is 11.6 Å². The van der Waals surface area contributed by atoms with Crippen LogP contribution >= 0.6 is 11.6 Å². The third kappa shape index (κ3) is 3.46. The number of nitrogens with zero attached hydrogens (tertiary/aromatic N) is 4. The van der Waals surface area contributed by atoms with Gasteiger partial charge in [-0.25, -0.2) is 14.4 Å². The smallest absolute Gasteiger partial charge is 0.159 e. The third-order valence-corrected chi connectivity index (χ3v) is 4.14. The summed E-state index contributed by atoms with van der Waals surface area (Å²) in [6.07, 6.45) is 1.47. The summed E-state index contributed by atoms with van der Waals surface area (Å²) in [5.41, 5.74) is 7.30. The highest BCUT2D eigenvalue weighted by Crippen LogP contribution is 2.30. The summed E-state index contributed by atoms with van der Waals surface area (Å²) in [4.78, 5) is 12.9. The summed E-state index contributed by atoms with van der Waals surface area (Å²) < 4.78 is 13.2. The normalized spacial score (nSPS) is 15.7. The fraction of sp³-hybridized carbons (Fsp3) is 0.333. The Kier molecular flexibility index (Phi) is 4.49. The van der Waals surface area contributed by atoms with Gasteiger partial charge in [0.05, 0.1) is 5.02 Å². The number of hydrogen-bond donors (Lipinski definition) is 2. The zero-order valence-electron chi connectivity index (χ0n) is 12.8. The molecule has 0 spiro atoms. The number of benzene rings is 1. The number of aromatic nitrogens is 2. The molecule has 2 aromatic rings. The lowest BCUT2D eigenvalue weighted by Crippen LogP contribution is -2.45. The van der Waals surface area contributed by atoms with Gasteiger partial charge < -0.3 is 20.9 Å². The molecule has 0 atom stereocenters. The van der Waals surface area contributed by atoms with Crippen LogP contribution in [0, 0.1) is 5.82 Å². The first-order valence-corrected chi connectivity index (χ1v) is 7.68. The predicted octanol–water partition coefficient (Wildman–Crippen LogP) is 2.35. The minimum atomic E-state index is -0.467. The van der Waals surface area contributed by atoms with Gasteiger partial charge in [-0.3, -0.25) is 0 Å². The highest BCUT2D eigenvalue weighted by molar-refractivity contribution is 6.31. The van der Waals surface area contributed by atoms with Crippen molar-refractivity contribution in [3.63, 3.8) is 0 Å². The molecular formula is C15H18ClFN6. The fourth-order valence-corrected chi connectivity index (χ4v) is 2.65. The first-order chi connectivity index (χ1) is 11.0. The molecule has 0 amide bonds. The van der Waals surface area contributed by atoms with Crippen molar-refractivity contribution >= 4 is 34.6 Å². The van der Waals surface area contributed by atoms with E-state index in [-0.39, 0.29) is 5.02 Å². The van der Waals surface area contributed by atoms with Gasteiger partial charge in [-0.2, -0.15) is 0 Å². The van der Waals surface area contributed by atoms with Crippen molar-refractivity contribution in [2.45, 2.75) is 0 Å². The molecule has 2 heterocycles. The topological polar surface area (TPSA) is 70.3 Å². The number of hydrogen-bond acceptors (Lipinski definition) is 6. The maximum Gasteiger partial charge on any atom is 0.159 e. The number of halogens is 2. The van der Waals surface area contributed by atoms with Gasteiger partial charge in [-0.15, -0.1) is 0 Å². The molecule has 3 rings (SSSR count). The second kappa shape index (κ2) is 6.55. The molecule has 0 saturated carbocycles. The van der Waals surface area contributed by atoms with Gasteiger partial charge in [-0.05, 0) is 25.2 Å². The molecule has 1 aliphatic rings. The molecule has 3 N–H and O–H groups in total. The minimum absolute atomic E-state index is 0.0434. The Labute approximate surface area is 139 Å². The van der Waals surface area contributed by atoms with Crippen LogP contribution in [0.15, 0.2) is 24.5 Å². The van der Waals surface area contributed by atoms with Crippen LogP contribution in [0.4, 0.5) is 27.4 Å². The standard InChI is InChI=1S/C15H18ClFN6/c1-22-4-6-23(7-5-22)15-13(18)14(19-9-20-15)21-10-2-3-12(17)11(16)8-10/h2-3,8-9H,4-7,18H2,1H3,(H,19,20,21). The summed E-state index contributed by atoms with van der Waals surface area (Å²) in [5, 5.41) is 3.11. The lowest BCUT2D eigenvalue weighted by Gasteiger charge is -2.33. The molecule has 1 aromatic heterocycles. The number of rotatable bonds is 3. The van der Waals surface area contributed by atoms with Crippen LogP contribution in [0.1, 0.15) is 0 Å². The van der Waals surface area contributed by atoms with Crippen molar-refractivity contribution in [3.8, 4) is 0 Å². The quantitative estimate of drug-likeness (QED) is 0.896. The summed E-state index contributed by atoms with van der Waals surface area (Å²) in [5.74, 6) is 0.728. The molecule has 23 heavy (non-hydrogen) atoms. The molecule has 0 radical (unpaired) electrons. The first kappa shape index (κ1) is 15.8. The number of nitrogens with one attached hydrogen (secondary N) is 1. The Morgan fingerprint density at radius 3 is 2.65 bits per heavy atom. The highest BCUT2D eigenvalue weighted by Gasteiger charge is 2.19. The summed E-state index contributed by atoms with van der Waals surface area (Å²) >= 11 is 5.79. The lowest BCUT2D eigenvalue weighted by atomic mass is 10.3. The minimum Gasteiger partial charge on any atom is -0.393 e. The number of piperazine rings is 1. The van der Waals surface area contributed by atoms with Crippen molar-refractivity contribution in [1.29, 1.82) is 0 Å². The zero-order chi connectivity index (χ0) is 16.4. The molecule has 1 aromatic carbocycles. The van der Waals surface area contributed by atoms with E-state index in [1.807, 2.05) is 0 Å². The maximum absolute atomic E-state index is 13.2. The van der Waals surface area contributed by atoms with Crippen LogP contribution in [0.2, 0.25) is 5.02 Å². The van der Waals surface area contributed by atoms with Gasteiger partial charge >= 0.3 is 0 Å². The van der Waals surface area contributed by atoms with Crippen LogP contribution in [-0.4, -0.2) is 48.1 Å². The van der Waals surface area contributed by atoms with Gasteiger partial charge in [0.2, 0.25) is 0 Å². The van der Waals surface area contributed by atoms with E-state index in [1.165, 1.54) is 18.5 Å². The van der Waals surface area contributed by atoms with Crippen LogP contribution in [0.25, 0.3) is 0 Å². The van der Waals surface area contributed by atoms with Crippen molar-refractivity contribution in [2.24, 2.45) is 0 Å². The molecule has 1 aliphatic heterocycles. The summed E-state index contributed by atoms with van der Waals surface area (Å²) in [6, 6.07) is 4.37. The van der Waals surface area contributed by atoms with Crippen molar-refractivity contribution in [2.75, 3.05) is 49.2 Å². The Hall–Kier alpha value is -2.12. The highest BCUT2D eigenvalue weighted by atomic mass is 35.5. The molecular weight excluding hydrogens is 319 g/mol. The second-order valence-corrected chi connectivity index (χ2v) is 5.91. The molecule has 0 bridgehead atoms. The average Bonchev–Trinajstić information content (AvgIpc) is 2.54. The van der Waals surface area contributed by atoms with E-state index in [2.05, 4.69) is 32.1 Å². The Morgan fingerprint density at radius 2 is 1.96 bits per heavy atom. The number of nitrogen functional groups attached to an aromatic ring is 1. The molecule has 1 saturated heterocycles. The SMILES string of the molecule is CN1CCN(c2ncnc(Nc3ccc(F)c(Cl)c3)c2N)CC1. The maximum atomic E-state index is 13.2. The van der Waals surface area contributed by atoms with Gasteiger partial charge in [-0.1, -0.05) is 11.6 Å². The van der Waals surface area contributed by atoms with Gasteiger partial charge in [0.1, 0.15) is 17.8 Å². The van der Waals surface area contributed by atoms with Crippen LogP contribution in [-0.2, 0) is 0 Å². The number of nitrogens with two attached hydrogens (primary N) is 1. The Morgan fingerprint density at radius 1 is 1.22 bits per heavy atom. The van der Waals surface area contributed by atoms with Crippen molar-refractivity contribution in [3.05, 3.63) is 35.4 Å². The van der Waals surface area contributed by atoms with E-state index in [9.17, 15) is 4.39 Å². The Bertz CT molecular complexity index is 702. The predicted molar refractivity (Wildman–Crippen MR) is 90.8 cm³/mol. The zero-order valence-corrected chi connectivity index (χ0v) is 13.5. The molecule has 1 fully saturated rings. The molecule has 0 aliphatic carbocycles. The third-order valence-electron chi connectivity index (χ3n) is 3.85. The van der Waals surface area contributed by atoms with E-state index in [0.29, 0.717) is 23.0 Å². The van der Waals surface area contributed by atoms with Gasteiger partial charge in [0, 0.05) is 31.9 Å². The monoisotopic (exact) mass is 336 g/mol. The molecule has 122 valence electrons. The Balaban J connectivity index is 1.83. The van der Waals surface area contributed by atoms with Crippen LogP contribution in [0.3, 0.4) is 0 Å². The molecule has 6 nitrogen and oxygen atoms in total. The van der Waals surface area contributed by atoms with Crippen LogP contribution in [0.5, 0.6) is 0 Å². The first-order valence-electron chi connectivity index (χ1n) is 7.30. The van der Waals surface area contributed by atoms with E-state index in [1.54, 1.807) is 6.07 Å². The summed E-state index contributed by atoms with van der Waals surface area (Å²) in [7, 11) is 2.09. The average molecular weight is 337 g/mol. The number of anilines is 4. The fourth-order valence-electron chi connectivity index (χ4n) is 2.47. The number of likely N-dealkylation sites (N-methyl/N-ethyl adjacent to an activating group) is 1. The molecule has 8 heteroatoms. The van der Waals surface area contributed by atoms with Gasteiger partial charge in [0.25, 0.3) is 0 Å². The van der Waals surface area contributed by atoms with E-state index < -0.39 is 5.82 Å². The largest absolute Gasteiger partial charge is 0.393 e. The van der Waals surface area contributed by atoms with Crippen molar-refractivity contribution in [1.82, 2.24) is 14.9 Å². The van der Waals surface area contributed by atoms with Crippen LogP contribution < -0.4 is 16.0 Å². The van der Waals surface area contributed by atoms with E-state index >= 15 is 0 Å². The second-order valence-electron chi connectivity index (χ2n) is 5.50. The van der Waals surface area contributed by atoms with E-state index in [4.69, 9.17) is 17.3 Å². The lowest BCUT2D eigenvalue weighted by molar-refractivity contribution is 0.312. The summed E-state index contributed by atoms with van der Waals surface area (Å²) in [6.45, 7) is 3.64.